The molecule has 1 N–H and O–H groups in total. The Morgan fingerprint density at radius 1 is 1.04 bits per heavy atom. The molecule has 3 nitrogen and oxygen atoms in total. The number of rotatable bonds is 3. The first-order chi connectivity index (χ1) is 11.8. The van der Waals surface area contributed by atoms with Crippen LogP contribution in [0.25, 0.3) is 0 Å². The molecular formula is C21H21N3. The highest BCUT2D eigenvalue weighted by Crippen LogP contribution is 2.28. The molecule has 2 aromatic rings. The first-order valence-electron chi connectivity index (χ1n) is 8.49. The van der Waals surface area contributed by atoms with Gasteiger partial charge in [0.05, 0.1) is 17.2 Å². The van der Waals surface area contributed by atoms with Crippen molar-refractivity contribution in [1.29, 1.82) is 5.26 Å². The van der Waals surface area contributed by atoms with Gasteiger partial charge >= 0.3 is 0 Å². The summed E-state index contributed by atoms with van der Waals surface area (Å²) in [4.78, 5) is 4.30. The molecular weight excluding hydrogens is 294 g/mol. The monoisotopic (exact) mass is 315 g/mol. The molecule has 0 atom stereocenters. The molecule has 1 fully saturated rings. The van der Waals surface area contributed by atoms with E-state index in [2.05, 4.69) is 28.2 Å². The first kappa shape index (κ1) is 16.2. The predicted molar refractivity (Wildman–Crippen MR) is 94.9 cm³/mol. The standard InChI is InChI=1S/C21H21N3/c22-16-18-8-2-3-9-19(18)17-24-21(12-5-1-6-13-21)14-11-20-10-4-7-15-23-20/h2-4,7-10,15,24H,1,5-6,12-13,17H2. The van der Waals surface area contributed by atoms with Crippen molar-refractivity contribution in [3.05, 3.63) is 65.5 Å². The lowest BCUT2D eigenvalue weighted by molar-refractivity contribution is 0.299. The van der Waals surface area contributed by atoms with Crippen molar-refractivity contribution in [2.45, 2.75) is 44.2 Å². The molecule has 120 valence electrons. The molecule has 0 unspecified atom stereocenters. The van der Waals surface area contributed by atoms with Gasteiger partial charge in [0.25, 0.3) is 0 Å². The van der Waals surface area contributed by atoms with Gasteiger partial charge in [0.2, 0.25) is 0 Å². The fourth-order valence-electron chi connectivity index (χ4n) is 3.17. The Hall–Kier alpha value is -2.62. The summed E-state index contributed by atoms with van der Waals surface area (Å²) in [5.41, 5.74) is 2.39. The fraction of sp³-hybridized carbons (Fsp3) is 0.333. The Bertz CT molecular complexity index is 772. The van der Waals surface area contributed by atoms with Gasteiger partial charge in [-0.25, -0.2) is 4.98 Å². The second-order valence-electron chi connectivity index (χ2n) is 6.23. The second kappa shape index (κ2) is 7.77. The molecule has 1 aromatic carbocycles. The summed E-state index contributed by atoms with van der Waals surface area (Å²) in [7, 11) is 0. The third-order valence-corrected chi connectivity index (χ3v) is 4.56. The Balaban J connectivity index is 1.79. The van der Waals surface area contributed by atoms with E-state index >= 15 is 0 Å². The Morgan fingerprint density at radius 2 is 1.83 bits per heavy atom. The zero-order valence-corrected chi connectivity index (χ0v) is 13.8. The smallest absolute Gasteiger partial charge is 0.113 e. The average molecular weight is 315 g/mol. The minimum atomic E-state index is -0.182. The summed E-state index contributed by atoms with van der Waals surface area (Å²) >= 11 is 0. The average Bonchev–Trinajstić information content (AvgIpc) is 2.67. The van der Waals surface area contributed by atoms with Crippen LogP contribution in [0.15, 0.2) is 48.7 Å². The fourth-order valence-corrected chi connectivity index (χ4v) is 3.17. The molecule has 3 rings (SSSR count). The van der Waals surface area contributed by atoms with Crippen LogP contribution in [0, 0.1) is 23.2 Å². The first-order valence-corrected chi connectivity index (χ1v) is 8.49. The van der Waals surface area contributed by atoms with Crippen molar-refractivity contribution in [1.82, 2.24) is 10.3 Å². The SMILES string of the molecule is N#Cc1ccccc1CNC1(C#Cc2ccccn2)CCCCC1. The van der Waals surface area contributed by atoms with Crippen molar-refractivity contribution >= 4 is 0 Å². The van der Waals surface area contributed by atoms with E-state index in [1.165, 1.54) is 19.3 Å². The molecule has 1 aliphatic rings. The van der Waals surface area contributed by atoms with Gasteiger partial charge in [-0.3, -0.25) is 5.32 Å². The van der Waals surface area contributed by atoms with E-state index in [-0.39, 0.29) is 5.54 Å². The molecule has 0 amide bonds. The number of nitriles is 1. The van der Waals surface area contributed by atoms with Crippen LogP contribution in [0.1, 0.15) is 48.9 Å². The lowest BCUT2D eigenvalue weighted by Gasteiger charge is -2.34. The highest BCUT2D eigenvalue weighted by Gasteiger charge is 2.29. The molecule has 0 bridgehead atoms. The minimum absolute atomic E-state index is 0.182. The van der Waals surface area contributed by atoms with E-state index in [0.29, 0.717) is 6.54 Å². The number of hydrogen-bond acceptors (Lipinski definition) is 3. The Morgan fingerprint density at radius 3 is 2.58 bits per heavy atom. The number of nitrogens with zero attached hydrogens (tertiary/aromatic N) is 2. The van der Waals surface area contributed by atoms with Crippen LogP contribution in [-0.4, -0.2) is 10.5 Å². The van der Waals surface area contributed by atoms with Gasteiger partial charge in [-0.2, -0.15) is 5.26 Å². The van der Waals surface area contributed by atoms with E-state index < -0.39 is 0 Å². The van der Waals surface area contributed by atoms with Crippen molar-refractivity contribution in [2.24, 2.45) is 0 Å². The van der Waals surface area contributed by atoms with Gasteiger partial charge in [-0.1, -0.05) is 49.4 Å². The van der Waals surface area contributed by atoms with Crippen molar-refractivity contribution in [3.63, 3.8) is 0 Å². The quantitative estimate of drug-likeness (QED) is 0.877. The number of nitrogens with one attached hydrogen (secondary N) is 1. The maximum absolute atomic E-state index is 9.26. The van der Waals surface area contributed by atoms with E-state index in [4.69, 9.17) is 0 Å². The molecule has 0 aliphatic heterocycles. The van der Waals surface area contributed by atoms with Gasteiger partial charge < -0.3 is 0 Å². The summed E-state index contributed by atoms with van der Waals surface area (Å²) < 4.78 is 0. The van der Waals surface area contributed by atoms with Crippen LogP contribution >= 0.6 is 0 Å². The Labute approximate surface area is 143 Å². The second-order valence-corrected chi connectivity index (χ2v) is 6.23. The van der Waals surface area contributed by atoms with E-state index in [0.717, 1.165) is 29.7 Å². The van der Waals surface area contributed by atoms with Crippen LogP contribution in [-0.2, 0) is 6.54 Å². The van der Waals surface area contributed by atoms with E-state index in [1.807, 2.05) is 42.5 Å². The molecule has 3 heteroatoms. The van der Waals surface area contributed by atoms with E-state index in [9.17, 15) is 5.26 Å². The largest absolute Gasteiger partial charge is 0.297 e. The third-order valence-electron chi connectivity index (χ3n) is 4.56. The van der Waals surface area contributed by atoms with Gasteiger partial charge in [0.15, 0.2) is 0 Å². The lowest BCUT2D eigenvalue weighted by atomic mass is 9.82. The summed E-state index contributed by atoms with van der Waals surface area (Å²) in [6.45, 7) is 0.667. The maximum Gasteiger partial charge on any atom is 0.113 e. The molecule has 0 spiro atoms. The number of aromatic nitrogens is 1. The van der Waals surface area contributed by atoms with Crippen LogP contribution in [0.2, 0.25) is 0 Å². The van der Waals surface area contributed by atoms with Crippen molar-refractivity contribution in [2.75, 3.05) is 0 Å². The maximum atomic E-state index is 9.26. The summed E-state index contributed by atoms with van der Waals surface area (Å²) in [6.07, 6.45) is 7.49. The van der Waals surface area contributed by atoms with Crippen molar-refractivity contribution in [3.8, 4) is 17.9 Å². The number of benzene rings is 1. The van der Waals surface area contributed by atoms with Gasteiger partial charge in [0, 0.05) is 12.7 Å². The van der Waals surface area contributed by atoms with E-state index in [1.54, 1.807) is 6.20 Å². The van der Waals surface area contributed by atoms with Crippen LogP contribution in [0.3, 0.4) is 0 Å². The number of pyridine rings is 1. The summed E-state index contributed by atoms with van der Waals surface area (Å²) in [5.74, 6) is 6.68. The molecule has 0 saturated heterocycles. The molecule has 0 radical (unpaired) electrons. The normalized spacial score (nSPS) is 15.8. The number of hydrogen-bond donors (Lipinski definition) is 1. The predicted octanol–water partition coefficient (Wildman–Crippen LogP) is 3.80. The molecule has 1 aromatic heterocycles. The summed E-state index contributed by atoms with van der Waals surface area (Å²) in [6, 6.07) is 15.8. The summed E-state index contributed by atoms with van der Waals surface area (Å²) in [5, 5.41) is 12.9. The van der Waals surface area contributed by atoms with Gasteiger partial charge in [0.1, 0.15) is 5.69 Å². The van der Waals surface area contributed by atoms with Crippen molar-refractivity contribution < 1.29 is 0 Å². The minimum Gasteiger partial charge on any atom is -0.297 e. The highest BCUT2D eigenvalue weighted by molar-refractivity contribution is 5.38. The van der Waals surface area contributed by atoms with Crippen LogP contribution < -0.4 is 5.32 Å². The van der Waals surface area contributed by atoms with Gasteiger partial charge in [-0.15, -0.1) is 0 Å². The zero-order valence-electron chi connectivity index (χ0n) is 13.8. The molecule has 1 aliphatic carbocycles. The zero-order chi connectivity index (χ0) is 16.7. The third kappa shape index (κ3) is 4.02. The van der Waals surface area contributed by atoms with Crippen LogP contribution in [0.5, 0.6) is 0 Å². The molecule has 24 heavy (non-hydrogen) atoms. The highest BCUT2D eigenvalue weighted by atomic mass is 15.0. The topological polar surface area (TPSA) is 48.7 Å². The molecule has 1 saturated carbocycles. The lowest BCUT2D eigenvalue weighted by Crippen LogP contribution is -2.45. The van der Waals surface area contributed by atoms with Gasteiger partial charge in [-0.05, 0) is 42.5 Å². The van der Waals surface area contributed by atoms with Crippen LogP contribution in [0.4, 0.5) is 0 Å². The molecule has 1 heterocycles. The Kier molecular flexibility index (Phi) is 5.26.